The summed E-state index contributed by atoms with van der Waals surface area (Å²) in [6.45, 7) is -0.198. The second kappa shape index (κ2) is 5.23. The van der Waals surface area contributed by atoms with Gasteiger partial charge in [0.15, 0.2) is 0 Å². The zero-order chi connectivity index (χ0) is 11.5. The molecule has 0 saturated carbocycles. The Labute approximate surface area is 102 Å². The Kier molecular flexibility index (Phi) is 3.92. The number of rotatable bonds is 3. The molecule has 2 rings (SSSR count). The summed E-state index contributed by atoms with van der Waals surface area (Å²) in [5.74, 6) is 0. The molecule has 1 aliphatic rings. The largest absolute Gasteiger partial charge is 0.308 e. The molecular weight excluding hydrogens is 276 g/mol. The molecule has 0 aliphatic heterocycles. The van der Waals surface area contributed by atoms with Crippen LogP contribution in [0.25, 0.3) is 0 Å². The van der Waals surface area contributed by atoms with Crippen molar-refractivity contribution in [3.05, 3.63) is 33.8 Å². The van der Waals surface area contributed by atoms with Gasteiger partial charge < -0.3 is 5.32 Å². The van der Waals surface area contributed by atoms with Gasteiger partial charge >= 0.3 is 0 Å². The van der Waals surface area contributed by atoms with Crippen LogP contribution in [-0.4, -0.2) is 19.0 Å². The third-order valence-electron chi connectivity index (χ3n) is 2.96. The summed E-state index contributed by atoms with van der Waals surface area (Å²) < 4.78 is 25.2. The van der Waals surface area contributed by atoms with E-state index in [1.54, 1.807) is 0 Å². The van der Waals surface area contributed by atoms with Crippen LogP contribution in [-0.2, 0) is 12.8 Å². The first-order valence-electron chi connectivity index (χ1n) is 5.44. The zero-order valence-electron chi connectivity index (χ0n) is 8.85. The summed E-state index contributed by atoms with van der Waals surface area (Å²) in [6, 6.07) is 6.41. The fourth-order valence-electron chi connectivity index (χ4n) is 2.15. The van der Waals surface area contributed by atoms with Crippen LogP contribution in [0.3, 0.4) is 0 Å². The van der Waals surface area contributed by atoms with Crippen molar-refractivity contribution in [1.82, 2.24) is 5.32 Å². The molecule has 1 atom stereocenters. The number of benzene rings is 1. The highest BCUT2D eigenvalue weighted by Crippen LogP contribution is 2.24. The lowest BCUT2D eigenvalue weighted by molar-refractivity contribution is 0.140. The van der Waals surface area contributed by atoms with Crippen LogP contribution >= 0.6 is 15.9 Å². The molecule has 4 heteroatoms. The lowest BCUT2D eigenvalue weighted by Gasteiger charge is -2.25. The monoisotopic (exact) mass is 289 g/mol. The van der Waals surface area contributed by atoms with Crippen molar-refractivity contribution in [2.75, 3.05) is 6.54 Å². The third-order valence-corrected chi connectivity index (χ3v) is 3.45. The number of nitrogens with one attached hydrogen (secondary N) is 1. The fraction of sp³-hybridized carbons (Fsp3) is 0.500. The van der Waals surface area contributed by atoms with E-state index >= 15 is 0 Å². The maximum atomic E-state index is 12.1. The van der Waals surface area contributed by atoms with Crippen LogP contribution in [0.5, 0.6) is 0 Å². The molecule has 1 aliphatic carbocycles. The van der Waals surface area contributed by atoms with Gasteiger partial charge in [-0.1, -0.05) is 22.0 Å². The first kappa shape index (κ1) is 12.0. The third kappa shape index (κ3) is 3.01. The van der Waals surface area contributed by atoms with Crippen molar-refractivity contribution in [2.45, 2.75) is 31.7 Å². The number of alkyl halides is 2. The van der Waals surface area contributed by atoms with Crippen LogP contribution < -0.4 is 5.32 Å². The van der Waals surface area contributed by atoms with E-state index in [4.69, 9.17) is 0 Å². The molecule has 16 heavy (non-hydrogen) atoms. The number of halogens is 3. The van der Waals surface area contributed by atoms with Crippen LogP contribution in [0, 0.1) is 0 Å². The number of aryl methyl sites for hydroxylation is 1. The molecule has 1 aromatic rings. The highest BCUT2D eigenvalue weighted by molar-refractivity contribution is 9.10. The molecule has 1 aromatic carbocycles. The van der Waals surface area contributed by atoms with Gasteiger partial charge in [0.2, 0.25) is 0 Å². The second-order valence-corrected chi connectivity index (χ2v) is 5.07. The number of hydrogen-bond donors (Lipinski definition) is 1. The average molecular weight is 290 g/mol. The molecule has 0 radical (unpaired) electrons. The Hall–Kier alpha value is -0.480. The Morgan fingerprint density at radius 1 is 1.38 bits per heavy atom. The van der Waals surface area contributed by atoms with E-state index in [1.165, 1.54) is 11.1 Å². The maximum Gasteiger partial charge on any atom is 0.250 e. The summed E-state index contributed by atoms with van der Waals surface area (Å²) in [7, 11) is 0. The van der Waals surface area contributed by atoms with Gasteiger partial charge in [0.25, 0.3) is 6.43 Å². The van der Waals surface area contributed by atoms with Crippen molar-refractivity contribution in [1.29, 1.82) is 0 Å². The molecular formula is C12H14BrF2N. The van der Waals surface area contributed by atoms with Crippen molar-refractivity contribution in [3.8, 4) is 0 Å². The van der Waals surface area contributed by atoms with E-state index < -0.39 is 6.43 Å². The SMILES string of the molecule is FC(F)CNC1CCc2cc(Br)ccc2C1. The molecule has 0 heterocycles. The van der Waals surface area contributed by atoms with E-state index in [2.05, 4.69) is 33.4 Å². The topological polar surface area (TPSA) is 12.0 Å². The van der Waals surface area contributed by atoms with E-state index in [9.17, 15) is 8.78 Å². The van der Waals surface area contributed by atoms with Crippen molar-refractivity contribution < 1.29 is 8.78 Å². The predicted molar refractivity (Wildman–Crippen MR) is 64.0 cm³/mol. The highest BCUT2D eigenvalue weighted by atomic mass is 79.9. The fourth-order valence-corrected chi connectivity index (χ4v) is 2.56. The molecule has 1 N–H and O–H groups in total. The van der Waals surface area contributed by atoms with Crippen molar-refractivity contribution >= 4 is 15.9 Å². The minimum absolute atomic E-state index is 0.197. The van der Waals surface area contributed by atoms with Gasteiger partial charge in [0, 0.05) is 10.5 Å². The van der Waals surface area contributed by atoms with Crippen LogP contribution in [0.4, 0.5) is 8.78 Å². The number of fused-ring (bicyclic) bond motifs is 1. The van der Waals surface area contributed by atoms with Gasteiger partial charge in [0.1, 0.15) is 0 Å². The van der Waals surface area contributed by atoms with Gasteiger partial charge in [-0.3, -0.25) is 0 Å². The van der Waals surface area contributed by atoms with Crippen LogP contribution in [0.1, 0.15) is 17.5 Å². The normalized spacial score (nSPS) is 19.9. The molecule has 0 spiro atoms. The van der Waals surface area contributed by atoms with Gasteiger partial charge in [-0.25, -0.2) is 8.78 Å². The lowest BCUT2D eigenvalue weighted by Crippen LogP contribution is -2.37. The molecule has 1 nitrogen and oxygen atoms in total. The van der Waals surface area contributed by atoms with Crippen molar-refractivity contribution in [3.63, 3.8) is 0 Å². The summed E-state index contributed by atoms with van der Waals surface area (Å²) in [5, 5.41) is 2.91. The van der Waals surface area contributed by atoms with Crippen LogP contribution in [0.15, 0.2) is 22.7 Å². The molecule has 0 amide bonds. The van der Waals surface area contributed by atoms with Crippen LogP contribution in [0.2, 0.25) is 0 Å². The average Bonchev–Trinajstić information content (AvgIpc) is 2.26. The van der Waals surface area contributed by atoms with E-state index in [0.29, 0.717) is 0 Å². The van der Waals surface area contributed by atoms with Gasteiger partial charge in [-0.2, -0.15) is 0 Å². The number of hydrogen-bond acceptors (Lipinski definition) is 1. The summed E-state index contributed by atoms with van der Waals surface area (Å²) in [6.07, 6.45) is 0.507. The standard InChI is InChI=1S/C12H14BrF2N/c13-10-3-1-9-6-11(16-7-12(14)15)4-2-8(9)5-10/h1,3,5,11-12,16H,2,4,6-7H2. The summed E-state index contributed by atoms with van der Waals surface area (Å²) in [5.41, 5.74) is 2.62. The van der Waals surface area contributed by atoms with Gasteiger partial charge in [-0.15, -0.1) is 0 Å². The summed E-state index contributed by atoms with van der Waals surface area (Å²) >= 11 is 3.44. The molecule has 0 aromatic heterocycles. The van der Waals surface area contributed by atoms with E-state index in [1.807, 2.05) is 6.07 Å². The zero-order valence-corrected chi connectivity index (χ0v) is 10.4. The summed E-state index contributed by atoms with van der Waals surface area (Å²) in [4.78, 5) is 0. The molecule has 0 saturated heterocycles. The molecule has 1 unspecified atom stereocenters. The highest BCUT2D eigenvalue weighted by Gasteiger charge is 2.19. The Morgan fingerprint density at radius 3 is 2.94 bits per heavy atom. The Balaban J connectivity index is 1.98. The lowest BCUT2D eigenvalue weighted by atomic mass is 9.88. The second-order valence-electron chi connectivity index (χ2n) is 4.15. The van der Waals surface area contributed by atoms with E-state index in [-0.39, 0.29) is 12.6 Å². The molecule has 0 fully saturated rings. The minimum atomic E-state index is -2.26. The maximum absolute atomic E-state index is 12.1. The smallest absolute Gasteiger partial charge is 0.250 e. The molecule has 88 valence electrons. The van der Waals surface area contributed by atoms with E-state index in [0.717, 1.165) is 23.7 Å². The quantitative estimate of drug-likeness (QED) is 0.901. The Morgan fingerprint density at radius 2 is 2.19 bits per heavy atom. The Bertz CT molecular complexity index is 368. The first-order chi connectivity index (χ1) is 7.65. The van der Waals surface area contributed by atoms with Gasteiger partial charge in [-0.05, 0) is 42.5 Å². The molecule has 0 bridgehead atoms. The predicted octanol–water partition coefficient (Wildman–Crippen LogP) is 3.16. The minimum Gasteiger partial charge on any atom is -0.308 e. The van der Waals surface area contributed by atoms with Crippen molar-refractivity contribution in [2.24, 2.45) is 0 Å². The van der Waals surface area contributed by atoms with Gasteiger partial charge in [0.05, 0.1) is 6.54 Å². The first-order valence-corrected chi connectivity index (χ1v) is 6.23.